The van der Waals surface area contributed by atoms with Crippen molar-refractivity contribution in [2.75, 3.05) is 36.4 Å². The highest BCUT2D eigenvalue weighted by atomic mass is 19.1. The van der Waals surface area contributed by atoms with E-state index in [1.54, 1.807) is 29.6 Å². The molecule has 1 N–H and O–H groups in total. The summed E-state index contributed by atoms with van der Waals surface area (Å²) in [4.78, 5) is 24.4. The molecule has 1 aliphatic heterocycles. The molecule has 0 atom stereocenters. The minimum absolute atomic E-state index is 0.211. The molecule has 0 aliphatic carbocycles. The van der Waals surface area contributed by atoms with Crippen LogP contribution in [0.2, 0.25) is 0 Å². The van der Waals surface area contributed by atoms with Gasteiger partial charge in [-0.2, -0.15) is 0 Å². The van der Waals surface area contributed by atoms with Crippen molar-refractivity contribution >= 4 is 17.5 Å². The van der Waals surface area contributed by atoms with Gasteiger partial charge < -0.3 is 15.1 Å². The average molecular weight is 315 g/mol. The van der Waals surface area contributed by atoms with E-state index in [-0.39, 0.29) is 11.8 Å². The highest BCUT2D eigenvalue weighted by molar-refractivity contribution is 5.90. The molecular formula is C16H18FN5O. The van der Waals surface area contributed by atoms with Crippen molar-refractivity contribution in [3.8, 4) is 0 Å². The Morgan fingerprint density at radius 1 is 1.22 bits per heavy atom. The fourth-order valence-corrected chi connectivity index (χ4v) is 2.52. The molecule has 0 saturated carbocycles. The van der Waals surface area contributed by atoms with E-state index in [1.165, 1.54) is 12.1 Å². The number of anilines is 2. The summed E-state index contributed by atoms with van der Waals surface area (Å²) in [5.74, 6) is 0.451. The van der Waals surface area contributed by atoms with Crippen LogP contribution in [0.15, 0.2) is 36.8 Å². The van der Waals surface area contributed by atoms with Crippen LogP contribution in [0.1, 0.15) is 5.56 Å². The zero-order valence-corrected chi connectivity index (χ0v) is 12.9. The lowest BCUT2D eigenvalue weighted by Crippen LogP contribution is -2.50. The number of hydrogen-bond acceptors (Lipinski definition) is 4. The van der Waals surface area contributed by atoms with Crippen molar-refractivity contribution in [1.82, 2.24) is 14.9 Å². The first-order valence-electron chi connectivity index (χ1n) is 7.46. The summed E-state index contributed by atoms with van der Waals surface area (Å²) in [6, 6.07) is 4.16. The molecule has 2 amide bonds. The van der Waals surface area contributed by atoms with Crippen molar-refractivity contribution in [1.29, 1.82) is 0 Å². The number of rotatable bonds is 2. The summed E-state index contributed by atoms with van der Waals surface area (Å²) >= 11 is 0. The first kappa shape index (κ1) is 15.2. The van der Waals surface area contributed by atoms with E-state index in [2.05, 4.69) is 20.2 Å². The van der Waals surface area contributed by atoms with E-state index in [9.17, 15) is 9.18 Å². The van der Waals surface area contributed by atoms with E-state index in [0.717, 1.165) is 11.4 Å². The van der Waals surface area contributed by atoms with Gasteiger partial charge in [-0.1, -0.05) is 6.07 Å². The van der Waals surface area contributed by atoms with Gasteiger partial charge in [0.15, 0.2) is 0 Å². The SMILES string of the molecule is Cc1ccc(F)cc1NC(=O)N1CCN(c2cnccn2)CC1. The first-order chi connectivity index (χ1) is 11.1. The fourth-order valence-electron chi connectivity index (χ4n) is 2.52. The number of halogens is 1. The van der Waals surface area contributed by atoms with E-state index in [0.29, 0.717) is 31.9 Å². The zero-order chi connectivity index (χ0) is 16.2. The second kappa shape index (κ2) is 6.60. The van der Waals surface area contributed by atoms with E-state index < -0.39 is 0 Å². The summed E-state index contributed by atoms with van der Waals surface area (Å²) in [5, 5.41) is 2.78. The molecule has 1 fully saturated rings. The van der Waals surface area contributed by atoms with Gasteiger partial charge >= 0.3 is 6.03 Å². The molecule has 2 heterocycles. The summed E-state index contributed by atoms with van der Waals surface area (Å²) < 4.78 is 13.3. The van der Waals surface area contributed by atoms with Gasteiger partial charge in [0.1, 0.15) is 11.6 Å². The van der Waals surface area contributed by atoms with Crippen LogP contribution < -0.4 is 10.2 Å². The average Bonchev–Trinajstić information content (AvgIpc) is 2.59. The molecule has 0 bridgehead atoms. The highest BCUT2D eigenvalue weighted by Gasteiger charge is 2.22. The number of carbonyl (C=O) groups excluding carboxylic acids is 1. The Morgan fingerprint density at radius 3 is 2.70 bits per heavy atom. The third-order valence-electron chi connectivity index (χ3n) is 3.88. The molecule has 23 heavy (non-hydrogen) atoms. The van der Waals surface area contributed by atoms with Gasteiger partial charge in [0.25, 0.3) is 0 Å². The van der Waals surface area contributed by atoms with Crippen LogP contribution in [-0.2, 0) is 0 Å². The molecular weight excluding hydrogens is 297 g/mol. The fraction of sp³-hybridized carbons (Fsp3) is 0.312. The van der Waals surface area contributed by atoms with E-state index in [4.69, 9.17) is 0 Å². The minimum atomic E-state index is -0.363. The second-order valence-corrected chi connectivity index (χ2v) is 5.43. The Hall–Kier alpha value is -2.70. The van der Waals surface area contributed by atoms with Gasteiger partial charge in [-0.25, -0.2) is 14.2 Å². The molecule has 0 unspecified atom stereocenters. The quantitative estimate of drug-likeness (QED) is 0.923. The Kier molecular flexibility index (Phi) is 4.36. The topological polar surface area (TPSA) is 61.4 Å². The maximum Gasteiger partial charge on any atom is 0.321 e. The number of carbonyl (C=O) groups is 1. The lowest BCUT2D eigenvalue weighted by molar-refractivity contribution is 0.208. The summed E-state index contributed by atoms with van der Waals surface area (Å²) in [5.41, 5.74) is 1.34. The smallest absolute Gasteiger partial charge is 0.321 e. The third kappa shape index (κ3) is 3.56. The van der Waals surface area contributed by atoms with Crippen molar-refractivity contribution in [3.05, 3.63) is 48.2 Å². The number of aryl methyl sites for hydroxylation is 1. The van der Waals surface area contributed by atoms with Crippen LogP contribution in [0.25, 0.3) is 0 Å². The number of nitrogens with zero attached hydrogens (tertiary/aromatic N) is 4. The lowest BCUT2D eigenvalue weighted by Gasteiger charge is -2.35. The van der Waals surface area contributed by atoms with Gasteiger partial charge in [-0.3, -0.25) is 4.98 Å². The molecule has 6 nitrogen and oxygen atoms in total. The Balaban J connectivity index is 1.59. The Labute approximate surface area is 134 Å². The summed E-state index contributed by atoms with van der Waals surface area (Å²) in [6.07, 6.45) is 5.00. The van der Waals surface area contributed by atoms with Gasteiger partial charge in [-0.15, -0.1) is 0 Å². The van der Waals surface area contributed by atoms with Crippen LogP contribution in [0.3, 0.4) is 0 Å². The molecule has 120 valence electrons. The summed E-state index contributed by atoms with van der Waals surface area (Å²) in [7, 11) is 0. The Bertz CT molecular complexity index is 686. The van der Waals surface area contributed by atoms with Crippen LogP contribution in [0, 0.1) is 12.7 Å². The maximum absolute atomic E-state index is 13.3. The molecule has 1 saturated heterocycles. The monoisotopic (exact) mass is 315 g/mol. The Morgan fingerprint density at radius 2 is 2.00 bits per heavy atom. The van der Waals surface area contributed by atoms with Gasteiger partial charge in [0.05, 0.1) is 6.20 Å². The number of hydrogen-bond donors (Lipinski definition) is 1. The maximum atomic E-state index is 13.3. The number of urea groups is 1. The third-order valence-corrected chi connectivity index (χ3v) is 3.88. The molecule has 7 heteroatoms. The van der Waals surface area contributed by atoms with E-state index in [1.807, 2.05) is 6.92 Å². The lowest BCUT2D eigenvalue weighted by atomic mass is 10.2. The van der Waals surface area contributed by atoms with Gasteiger partial charge in [0.2, 0.25) is 0 Å². The summed E-state index contributed by atoms with van der Waals surface area (Å²) in [6.45, 7) is 4.37. The molecule has 2 aromatic rings. The standard InChI is InChI=1S/C16H18FN5O/c1-12-2-3-13(17)10-14(12)20-16(23)22-8-6-21(7-9-22)15-11-18-4-5-19-15/h2-5,10-11H,6-9H2,1H3,(H,20,23). The molecule has 0 radical (unpaired) electrons. The van der Waals surface area contributed by atoms with Crippen molar-refractivity contribution in [2.24, 2.45) is 0 Å². The number of aromatic nitrogens is 2. The van der Waals surface area contributed by atoms with Crippen molar-refractivity contribution < 1.29 is 9.18 Å². The van der Waals surface area contributed by atoms with Crippen molar-refractivity contribution in [2.45, 2.75) is 6.92 Å². The van der Waals surface area contributed by atoms with E-state index >= 15 is 0 Å². The van der Waals surface area contributed by atoms with Crippen molar-refractivity contribution in [3.63, 3.8) is 0 Å². The number of amides is 2. The molecule has 3 rings (SSSR count). The van der Waals surface area contributed by atoms with Gasteiger partial charge in [0, 0.05) is 44.3 Å². The predicted molar refractivity (Wildman–Crippen MR) is 86.0 cm³/mol. The molecule has 1 aliphatic rings. The number of nitrogens with one attached hydrogen (secondary N) is 1. The number of benzene rings is 1. The zero-order valence-electron chi connectivity index (χ0n) is 12.9. The second-order valence-electron chi connectivity index (χ2n) is 5.43. The van der Waals surface area contributed by atoms with Crippen LogP contribution in [0.4, 0.5) is 20.7 Å². The molecule has 1 aromatic carbocycles. The predicted octanol–water partition coefficient (Wildman–Crippen LogP) is 2.28. The normalized spacial score (nSPS) is 14.7. The molecule has 0 spiro atoms. The van der Waals surface area contributed by atoms with Gasteiger partial charge in [-0.05, 0) is 24.6 Å². The van der Waals surface area contributed by atoms with Crippen LogP contribution in [-0.4, -0.2) is 47.1 Å². The minimum Gasteiger partial charge on any atom is -0.352 e. The first-order valence-corrected chi connectivity index (χ1v) is 7.46. The van der Waals surface area contributed by atoms with Crippen LogP contribution >= 0.6 is 0 Å². The number of piperazine rings is 1. The largest absolute Gasteiger partial charge is 0.352 e. The van der Waals surface area contributed by atoms with Crippen LogP contribution in [0.5, 0.6) is 0 Å². The molecule has 1 aromatic heterocycles. The highest BCUT2D eigenvalue weighted by Crippen LogP contribution is 2.17.